The first-order chi connectivity index (χ1) is 7.16. The molecule has 1 heterocycles. The Labute approximate surface area is 108 Å². The summed E-state index contributed by atoms with van der Waals surface area (Å²) in [7, 11) is 0. The van der Waals surface area contributed by atoms with Gasteiger partial charge in [0.1, 0.15) is 5.82 Å². The quantitative estimate of drug-likeness (QED) is 0.778. The predicted octanol–water partition coefficient (Wildman–Crippen LogP) is 2.80. The highest BCUT2D eigenvalue weighted by atomic mass is 127. The molecule has 0 aliphatic carbocycles. The van der Waals surface area contributed by atoms with Gasteiger partial charge < -0.3 is 4.98 Å². The number of aromatic nitrogens is 2. The normalized spacial score (nSPS) is 10.3. The summed E-state index contributed by atoms with van der Waals surface area (Å²) < 4.78 is 1.59. The van der Waals surface area contributed by atoms with Crippen LogP contribution in [0.5, 0.6) is 0 Å². The molecule has 0 aliphatic heterocycles. The Kier molecular flexibility index (Phi) is 3.20. The van der Waals surface area contributed by atoms with E-state index in [0.29, 0.717) is 9.39 Å². The maximum Gasteiger partial charge on any atom is 0.264 e. The molecule has 2 aromatic rings. The van der Waals surface area contributed by atoms with Crippen LogP contribution in [0, 0.1) is 3.57 Å². The Hall–Kier alpha value is -0.690. The summed E-state index contributed by atoms with van der Waals surface area (Å²) >= 11 is 5.30. The van der Waals surface area contributed by atoms with Crippen molar-refractivity contribution in [1.82, 2.24) is 9.97 Å². The van der Waals surface area contributed by atoms with Crippen LogP contribution in [0.2, 0.25) is 0 Å². The van der Waals surface area contributed by atoms with Crippen LogP contribution in [0.3, 0.4) is 0 Å². The minimum atomic E-state index is -0.108. The molecule has 15 heavy (non-hydrogen) atoms. The minimum Gasteiger partial charge on any atom is -0.306 e. The number of rotatable bonds is 1. The van der Waals surface area contributed by atoms with Gasteiger partial charge in [0.25, 0.3) is 5.56 Å². The zero-order chi connectivity index (χ0) is 10.8. The molecule has 5 heteroatoms. The Morgan fingerprint density at radius 2 is 1.93 bits per heavy atom. The van der Waals surface area contributed by atoms with E-state index < -0.39 is 0 Å². The maximum atomic E-state index is 11.4. The number of aromatic amines is 1. The third-order valence-corrected chi connectivity index (χ3v) is 3.17. The lowest BCUT2D eigenvalue weighted by atomic mass is 10.2. The van der Waals surface area contributed by atoms with Crippen molar-refractivity contribution >= 4 is 38.5 Å². The number of benzene rings is 1. The predicted molar refractivity (Wildman–Crippen MR) is 70.7 cm³/mol. The van der Waals surface area contributed by atoms with Crippen LogP contribution in [0.15, 0.2) is 39.7 Å². The average Bonchev–Trinajstić information content (AvgIpc) is 2.23. The van der Waals surface area contributed by atoms with Gasteiger partial charge >= 0.3 is 0 Å². The fraction of sp³-hybridized carbons (Fsp3) is 0. The number of hydrogen-bond acceptors (Lipinski definition) is 2. The van der Waals surface area contributed by atoms with Gasteiger partial charge in [0.05, 0.1) is 3.57 Å². The van der Waals surface area contributed by atoms with Gasteiger partial charge in [-0.05, 0) is 34.7 Å². The summed E-state index contributed by atoms with van der Waals surface area (Å²) in [4.78, 5) is 18.3. The van der Waals surface area contributed by atoms with E-state index in [4.69, 9.17) is 0 Å². The average molecular weight is 377 g/mol. The molecule has 0 saturated heterocycles. The monoisotopic (exact) mass is 376 g/mol. The molecule has 0 spiro atoms. The van der Waals surface area contributed by atoms with Gasteiger partial charge in [-0.15, -0.1) is 0 Å². The molecule has 0 atom stereocenters. The van der Waals surface area contributed by atoms with Crippen molar-refractivity contribution in [3.63, 3.8) is 0 Å². The summed E-state index contributed by atoms with van der Waals surface area (Å²) in [6.07, 6.45) is 1.57. The van der Waals surface area contributed by atoms with Crippen LogP contribution >= 0.6 is 38.5 Å². The summed E-state index contributed by atoms with van der Waals surface area (Å²) in [5, 5.41) is 0. The molecule has 0 saturated carbocycles. The number of hydrogen-bond donors (Lipinski definition) is 1. The molecule has 0 radical (unpaired) electrons. The second kappa shape index (κ2) is 4.44. The summed E-state index contributed by atoms with van der Waals surface area (Å²) in [6, 6.07) is 7.62. The van der Waals surface area contributed by atoms with Gasteiger partial charge in [0, 0.05) is 16.2 Å². The lowest BCUT2D eigenvalue weighted by Gasteiger charge is -2.00. The van der Waals surface area contributed by atoms with Gasteiger partial charge in [0.2, 0.25) is 0 Å². The molecule has 0 aliphatic rings. The van der Waals surface area contributed by atoms with Gasteiger partial charge in [-0.3, -0.25) is 4.79 Å². The molecule has 0 fully saturated rings. The lowest BCUT2D eigenvalue weighted by Crippen LogP contribution is -2.11. The summed E-state index contributed by atoms with van der Waals surface area (Å²) in [6.45, 7) is 0. The largest absolute Gasteiger partial charge is 0.306 e. The Bertz CT molecular complexity index is 536. The zero-order valence-corrected chi connectivity index (χ0v) is 11.2. The fourth-order valence-electron chi connectivity index (χ4n) is 1.13. The molecule has 3 nitrogen and oxygen atoms in total. The van der Waals surface area contributed by atoms with Crippen molar-refractivity contribution in [2.45, 2.75) is 0 Å². The van der Waals surface area contributed by atoms with E-state index in [1.54, 1.807) is 6.20 Å². The van der Waals surface area contributed by atoms with Crippen molar-refractivity contribution in [1.29, 1.82) is 0 Å². The first-order valence-electron chi connectivity index (χ1n) is 4.17. The number of nitrogens with one attached hydrogen (secondary N) is 1. The van der Waals surface area contributed by atoms with Crippen LogP contribution in [0.1, 0.15) is 0 Å². The van der Waals surface area contributed by atoms with E-state index in [2.05, 4.69) is 25.9 Å². The van der Waals surface area contributed by atoms with Crippen molar-refractivity contribution in [2.75, 3.05) is 0 Å². The lowest BCUT2D eigenvalue weighted by molar-refractivity contribution is 1.11. The Morgan fingerprint density at radius 3 is 2.53 bits per heavy atom. The summed E-state index contributed by atoms with van der Waals surface area (Å²) in [5.41, 5.74) is 0.787. The SMILES string of the molecule is O=c1[nH]c(-c2ccc(Br)cc2)ncc1I. The highest BCUT2D eigenvalue weighted by Crippen LogP contribution is 2.17. The molecule has 1 aromatic heterocycles. The van der Waals surface area contributed by atoms with E-state index in [9.17, 15) is 4.79 Å². The van der Waals surface area contributed by atoms with E-state index in [1.165, 1.54) is 0 Å². The molecular weight excluding hydrogens is 371 g/mol. The fourth-order valence-corrected chi connectivity index (χ4v) is 1.67. The number of H-pyrrole nitrogens is 1. The number of halogens is 2. The zero-order valence-electron chi connectivity index (χ0n) is 7.50. The smallest absolute Gasteiger partial charge is 0.264 e. The van der Waals surface area contributed by atoms with Crippen LogP contribution in [-0.4, -0.2) is 9.97 Å². The van der Waals surface area contributed by atoms with Crippen LogP contribution < -0.4 is 5.56 Å². The molecule has 0 bridgehead atoms. The van der Waals surface area contributed by atoms with E-state index in [0.717, 1.165) is 10.0 Å². The highest BCUT2D eigenvalue weighted by molar-refractivity contribution is 14.1. The van der Waals surface area contributed by atoms with E-state index >= 15 is 0 Å². The third kappa shape index (κ3) is 2.46. The third-order valence-electron chi connectivity index (χ3n) is 1.87. The maximum absolute atomic E-state index is 11.4. The molecule has 76 valence electrons. The Balaban J connectivity index is 2.50. The van der Waals surface area contributed by atoms with Gasteiger partial charge in [-0.1, -0.05) is 28.1 Å². The standard InChI is InChI=1S/C10H6BrIN2O/c11-7-3-1-6(2-4-7)9-13-5-8(12)10(15)14-9/h1-5H,(H,13,14,15). The Morgan fingerprint density at radius 1 is 1.27 bits per heavy atom. The molecule has 1 N–H and O–H groups in total. The minimum absolute atomic E-state index is 0.108. The van der Waals surface area contributed by atoms with Crippen molar-refractivity contribution in [2.24, 2.45) is 0 Å². The van der Waals surface area contributed by atoms with Crippen LogP contribution in [0.4, 0.5) is 0 Å². The topological polar surface area (TPSA) is 45.8 Å². The van der Waals surface area contributed by atoms with E-state index in [-0.39, 0.29) is 5.56 Å². The van der Waals surface area contributed by atoms with Crippen molar-refractivity contribution in [3.8, 4) is 11.4 Å². The molecular formula is C10H6BrIN2O. The van der Waals surface area contributed by atoms with Gasteiger partial charge in [-0.25, -0.2) is 4.98 Å². The van der Waals surface area contributed by atoms with Crippen LogP contribution in [-0.2, 0) is 0 Å². The second-order valence-corrected chi connectivity index (χ2v) is 4.99. The van der Waals surface area contributed by atoms with Gasteiger partial charge in [0.15, 0.2) is 0 Å². The second-order valence-electron chi connectivity index (χ2n) is 2.92. The van der Waals surface area contributed by atoms with E-state index in [1.807, 2.05) is 46.9 Å². The molecule has 2 rings (SSSR count). The first kappa shape index (κ1) is 10.8. The van der Waals surface area contributed by atoms with Gasteiger partial charge in [-0.2, -0.15) is 0 Å². The number of nitrogens with zero attached hydrogens (tertiary/aromatic N) is 1. The summed E-state index contributed by atoms with van der Waals surface area (Å²) in [5.74, 6) is 0.591. The molecule has 1 aromatic carbocycles. The molecule has 0 amide bonds. The van der Waals surface area contributed by atoms with Crippen LogP contribution in [0.25, 0.3) is 11.4 Å². The van der Waals surface area contributed by atoms with Crippen molar-refractivity contribution in [3.05, 3.63) is 48.9 Å². The highest BCUT2D eigenvalue weighted by Gasteiger charge is 2.01. The van der Waals surface area contributed by atoms with Crippen molar-refractivity contribution < 1.29 is 0 Å². The first-order valence-corrected chi connectivity index (χ1v) is 6.05. The molecule has 0 unspecified atom stereocenters.